The summed E-state index contributed by atoms with van der Waals surface area (Å²) in [7, 11) is 0. The normalized spacial score (nSPS) is 18.5. The van der Waals surface area contributed by atoms with Crippen LogP contribution in [0.1, 0.15) is 43.4 Å². The molecule has 1 N–H and O–H groups in total. The lowest BCUT2D eigenvalue weighted by Crippen LogP contribution is -2.29. The summed E-state index contributed by atoms with van der Waals surface area (Å²) in [5, 5.41) is 3.62. The quantitative estimate of drug-likeness (QED) is 0.790. The minimum Gasteiger partial charge on any atom is -0.310 e. The third-order valence-corrected chi connectivity index (χ3v) is 3.51. The van der Waals surface area contributed by atoms with E-state index in [1.165, 1.54) is 36.9 Å². The fraction of sp³-hybridized carbons (Fsp3) is 0.571. The van der Waals surface area contributed by atoms with Crippen molar-refractivity contribution in [2.24, 2.45) is 5.92 Å². The molecule has 15 heavy (non-hydrogen) atoms. The van der Waals surface area contributed by atoms with Crippen LogP contribution in [0, 0.1) is 12.8 Å². The minimum absolute atomic E-state index is 0.492. The van der Waals surface area contributed by atoms with E-state index in [1.54, 1.807) is 0 Å². The summed E-state index contributed by atoms with van der Waals surface area (Å²) in [5.74, 6) is 0.942. The molecule has 0 amide bonds. The van der Waals surface area contributed by atoms with E-state index in [-0.39, 0.29) is 0 Å². The maximum absolute atomic E-state index is 3.62. The van der Waals surface area contributed by atoms with E-state index in [2.05, 4.69) is 43.4 Å². The zero-order valence-electron chi connectivity index (χ0n) is 9.79. The fourth-order valence-corrected chi connectivity index (χ4v) is 2.01. The zero-order valence-corrected chi connectivity index (χ0v) is 9.79. The number of benzene rings is 1. The van der Waals surface area contributed by atoms with Gasteiger partial charge in [-0.15, -0.1) is 0 Å². The average Bonchev–Trinajstić information content (AvgIpc) is 2.16. The highest BCUT2D eigenvalue weighted by Gasteiger charge is 2.17. The first-order chi connectivity index (χ1) is 7.25. The van der Waals surface area contributed by atoms with Crippen LogP contribution in [-0.2, 0) is 0 Å². The Morgan fingerprint density at radius 2 is 1.93 bits per heavy atom. The van der Waals surface area contributed by atoms with Crippen molar-refractivity contribution in [2.75, 3.05) is 6.54 Å². The molecule has 0 aromatic heterocycles. The Kier molecular flexibility index (Phi) is 3.42. The van der Waals surface area contributed by atoms with Gasteiger partial charge in [-0.25, -0.2) is 0 Å². The first-order valence-electron chi connectivity index (χ1n) is 6.05. The van der Waals surface area contributed by atoms with E-state index in [0.29, 0.717) is 6.04 Å². The molecule has 0 radical (unpaired) electrons. The lowest BCUT2D eigenvalue weighted by atomic mass is 9.85. The molecule has 0 saturated heterocycles. The van der Waals surface area contributed by atoms with Gasteiger partial charge in [0.1, 0.15) is 0 Å². The zero-order chi connectivity index (χ0) is 10.7. The largest absolute Gasteiger partial charge is 0.310 e. The van der Waals surface area contributed by atoms with Crippen LogP contribution < -0.4 is 5.32 Å². The van der Waals surface area contributed by atoms with Gasteiger partial charge >= 0.3 is 0 Å². The maximum atomic E-state index is 3.62. The molecule has 2 rings (SSSR count). The van der Waals surface area contributed by atoms with Gasteiger partial charge in [-0.1, -0.05) is 36.2 Å². The molecule has 0 heterocycles. The number of rotatable bonds is 4. The molecule has 1 aromatic carbocycles. The smallest absolute Gasteiger partial charge is 0.0291 e. The van der Waals surface area contributed by atoms with Crippen LogP contribution in [0.2, 0.25) is 0 Å². The predicted octanol–water partition coefficient (Wildman–Crippen LogP) is 3.45. The van der Waals surface area contributed by atoms with Crippen molar-refractivity contribution in [1.82, 2.24) is 5.32 Å². The van der Waals surface area contributed by atoms with Crippen molar-refractivity contribution in [1.29, 1.82) is 0 Å². The Balaban J connectivity index is 1.83. The van der Waals surface area contributed by atoms with Crippen molar-refractivity contribution in [2.45, 2.75) is 39.2 Å². The van der Waals surface area contributed by atoms with E-state index in [4.69, 9.17) is 0 Å². The number of aryl methyl sites for hydroxylation is 1. The van der Waals surface area contributed by atoms with Crippen molar-refractivity contribution in [3.05, 3.63) is 35.4 Å². The van der Waals surface area contributed by atoms with Crippen LogP contribution in [0.25, 0.3) is 0 Å². The molecule has 1 atom stereocenters. The molecule has 0 spiro atoms. The predicted molar refractivity (Wildman–Crippen MR) is 64.9 cm³/mol. The van der Waals surface area contributed by atoms with Gasteiger partial charge < -0.3 is 5.32 Å². The van der Waals surface area contributed by atoms with Crippen LogP contribution in [0.15, 0.2) is 24.3 Å². The van der Waals surface area contributed by atoms with Crippen LogP contribution in [0.4, 0.5) is 0 Å². The molecule has 1 aliphatic carbocycles. The molecule has 0 bridgehead atoms. The molecular weight excluding hydrogens is 182 g/mol. The number of hydrogen-bond donors (Lipinski definition) is 1. The summed E-state index contributed by atoms with van der Waals surface area (Å²) in [6, 6.07) is 9.33. The average molecular weight is 203 g/mol. The van der Waals surface area contributed by atoms with Gasteiger partial charge in [-0.05, 0) is 44.7 Å². The van der Waals surface area contributed by atoms with Gasteiger partial charge in [0, 0.05) is 6.04 Å². The molecule has 1 heteroatoms. The maximum Gasteiger partial charge on any atom is 0.0291 e. The van der Waals surface area contributed by atoms with Gasteiger partial charge in [0.2, 0.25) is 0 Å². The highest BCUT2D eigenvalue weighted by Crippen LogP contribution is 2.26. The number of hydrogen-bond acceptors (Lipinski definition) is 1. The summed E-state index contributed by atoms with van der Waals surface area (Å²) in [6.45, 7) is 5.58. The van der Waals surface area contributed by atoms with Crippen LogP contribution >= 0.6 is 0 Å². The van der Waals surface area contributed by atoms with Crippen molar-refractivity contribution in [3.63, 3.8) is 0 Å². The SMILES string of the molecule is Cc1ccc([C@@H](C)NCC2CCC2)cc1. The topological polar surface area (TPSA) is 12.0 Å². The van der Waals surface area contributed by atoms with Crippen molar-refractivity contribution < 1.29 is 0 Å². The lowest BCUT2D eigenvalue weighted by molar-refractivity contribution is 0.292. The molecule has 1 nitrogen and oxygen atoms in total. The molecule has 1 aliphatic rings. The monoisotopic (exact) mass is 203 g/mol. The second-order valence-corrected chi connectivity index (χ2v) is 4.84. The molecular formula is C14H21N. The van der Waals surface area contributed by atoms with E-state index in [0.717, 1.165) is 5.92 Å². The Morgan fingerprint density at radius 3 is 2.47 bits per heavy atom. The van der Waals surface area contributed by atoms with E-state index < -0.39 is 0 Å². The van der Waals surface area contributed by atoms with Crippen LogP contribution in [0.3, 0.4) is 0 Å². The summed E-state index contributed by atoms with van der Waals surface area (Å²) in [5.41, 5.74) is 2.74. The Morgan fingerprint density at radius 1 is 1.27 bits per heavy atom. The Bertz CT molecular complexity index is 298. The first-order valence-corrected chi connectivity index (χ1v) is 6.05. The van der Waals surface area contributed by atoms with Crippen LogP contribution in [0.5, 0.6) is 0 Å². The first kappa shape index (κ1) is 10.7. The van der Waals surface area contributed by atoms with Gasteiger partial charge in [-0.3, -0.25) is 0 Å². The third kappa shape index (κ3) is 2.82. The molecule has 1 saturated carbocycles. The molecule has 0 aliphatic heterocycles. The Hall–Kier alpha value is -0.820. The summed E-state index contributed by atoms with van der Waals surface area (Å²) >= 11 is 0. The van der Waals surface area contributed by atoms with Gasteiger partial charge in [0.15, 0.2) is 0 Å². The standard InChI is InChI=1S/C14H21N/c1-11-6-8-14(9-7-11)12(2)15-10-13-4-3-5-13/h6-9,12-13,15H,3-5,10H2,1-2H3/t12-/m1/s1. The van der Waals surface area contributed by atoms with Gasteiger partial charge in [0.25, 0.3) is 0 Å². The molecule has 0 unspecified atom stereocenters. The second kappa shape index (κ2) is 4.80. The second-order valence-electron chi connectivity index (χ2n) is 4.84. The molecule has 1 fully saturated rings. The lowest BCUT2D eigenvalue weighted by Gasteiger charge is -2.27. The van der Waals surface area contributed by atoms with E-state index in [1.807, 2.05) is 0 Å². The fourth-order valence-electron chi connectivity index (χ4n) is 2.01. The highest BCUT2D eigenvalue weighted by molar-refractivity contribution is 5.23. The van der Waals surface area contributed by atoms with E-state index >= 15 is 0 Å². The number of nitrogens with one attached hydrogen (secondary N) is 1. The highest BCUT2D eigenvalue weighted by atomic mass is 14.9. The van der Waals surface area contributed by atoms with E-state index in [9.17, 15) is 0 Å². The molecule has 1 aromatic rings. The van der Waals surface area contributed by atoms with Crippen molar-refractivity contribution in [3.8, 4) is 0 Å². The third-order valence-electron chi connectivity index (χ3n) is 3.51. The van der Waals surface area contributed by atoms with Gasteiger partial charge in [-0.2, -0.15) is 0 Å². The van der Waals surface area contributed by atoms with Crippen LogP contribution in [-0.4, -0.2) is 6.54 Å². The van der Waals surface area contributed by atoms with Crippen molar-refractivity contribution >= 4 is 0 Å². The molecule has 82 valence electrons. The Labute approximate surface area is 92.9 Å². The minimum atomic E-state index is 0.492. The summed E-state index contributed by atoms with van der Waals surface area (Å²) in [6.07, 6.45) is 4.28. The summed E-state index contributed by atoms with van der Waals surface area (Å²) in [4.78, 5) is 0. The summed E-state index contributed by atoms with van der Waals surface area (Å²) < 4.78 is 0. The van der Waals surface area contributed by atoms with Gasteiger partial charge in [0.05, 0.1) is 0 Å².